The minimum absolute atomic E-state index is 0. The van der Waals surface area contributed by atoms with E-state index in [0.717, 1.165) is 71.1 Å². The summed E-state index contributed by atoms with van der Waals surface area (Å²) in [4.78, 5) is 67.1. The Labute approximate surface area is 778 Å². The number of nitriles is 1. The molecule has 0 spiro atoms. The van der Waals surface area contributed by atoms with Crippen molar-refractivity contribution in [3.8, 4) is 6.07 Å². The molecule has 14 N–H and O–H groups in total. The van der Waals surface area contributed by atoms with E-state index in [9.17, 15) is 55.3 Å². The average molecular weight is 2140 g/mol. The Kier molecular flexibility index (Phi) is 79.1. The highest BCUT2D eigenvalue weighted by Gasteiger charge is 2.18. The van der Waals surface area contributed by atoms with Gasteiger partial charge in [-0.3, -0.25) is 40.5 Å². The number of halogens is 5. The molecular formula is C56H84B5Br2Cl3N23O22S12. The van der Waals surface area contributed by atoms with Crippen LogP contribution in [0.1, 0.15) is 26.3 Å². The zero-order chi connectivity index (χ0) is 92.6. The van der Waals surface area contributed by atoms with Crippen molar-refractivity contribution < 1.29 is 79.7 Å². The number of sulfonamides is 5. The molecule has 677 valence electrons. The average Bonchev–Trinajstić information content (AvgIpc) is 1.70. The number of thiophene rings is 6. The van der Waals surface area contributed by atoms with Gasteiger partial charge in [-0.2, -0.15) is 20.2 Å². The second-order valence-corrected chi connectivity index (χ2v) is 41.0. The standard InChI is InChI=1S/C11H12N6O2S2.C6H13NO2.2C5H5BrClN3.C5H8N2O2S2.3C5H7NO2S2.C4H3ClO2S2.4CH3NO2.CH5N.5B/c1-13-10-7(4-12)5-15-11(17-10)16-8-3-9(20-6-8)21(18,19)14-2;1-6(2,3)9-5(8)7-4;2*1-8-4-3(6)2-9-5(7)10-4;1-7-11(8,9)5-2-4(6)3-10-5;3*1-6-10(7,8)5-3-2-4-9-5;5-9(6,7)4-2-1-3-8-4;4*1-2(3)4;1-2;;;;;/h3,5-6,14H,1-2H3,(H2,13,15,16,17);1-4H3,(H,7,8);2*2H,1H3,(H,8,9,10);2-3,7H,6H2,1H3;3*2-4,6H,1H3;1-3H;4*1H3;2H2,1H3;;;;;. The number of hydrogen-bond acceptors (Lipinski definition) is 41. The first-order valence-corrected chi connectivity index (χ1v) is 47.8. The van der Waals surface area contributed by atoms with Crippen LogP contribution in [0.5, 0.6) is 0 Å². The summed E-state index contributed by atoms with van der Waals surface area (Å²) < 4.78 is 151. The van der Waals surface area contributed by atoms with Crippen LogP contribution in [-0.4, -0.2) is 253 Å². The number of hydrogen-bond donors (Lipinski definition) is 12. The van der Waals surface area contributed by atoms with Crippen molar-refractivity contribution in [3.63, 3.8) is 0 Å². The molecule has 0 saturated carbocycles. The van der Waals surface area contributed by atoms with Crippen LogP contribution in [0.4, 0.5) is 39.6 Å². The fourth-order valence-corrected chi connectivity index (χ4v) is 17.6. The Morgan fingerprint density at radius 3 is 1.00 bits per heavy atom. The fourth-order valence-electron chi connectivity index (χ4n) is 5.36. The lowest BCUT2D eigenvalue weighted by atomic mass is 10.2. The minimum Gasteiger partial charge on any atom is -0.444 e. The molecule has 0 aliphatic heterocycles. The lowest BCUT2D eigenvalue weighted by molar-refractivity contribution is -0.445. The van der Waals surface area contributed by atoms with Crippen LogP contribution >= 0.6 is 134 Å². The molecule has 123 heavy (non-hydrogen) atoms. The van der Waals surface area contributed by atoms with Gasteiger partial charge in [0, 0.05) is 129 Å². The molecule has 0 fully saturated rings. The van der Waals surface area contributed by atoms with E-state index in [1.807, 2.05) is 26.8 Å². The molecule has 15 radical (unpaired) electrons. The van der Waals surface area contributed by atoms with Crippen LogP contribution in [-0.2, 0) is 63.9 Å². The highest BCUT2D eigenvalue weighted by atomic mass is 79.9. The van der Waals surface area contributed by atoms with E-state index in [-0.39, 0.29) is 82.9 Å². The maximum absolute atomic E-state index is 11.6. The number of nitrogens with one attached hydrogen (secondary N) is 10. The first-order valence-electron chi connectivity index (χ1n) is 30.5. The summed E-state index contributed by atoms with van der Waals surface area (Å²) in [5, 5.41) is 68.4. The van der Waals surface area contributed by atoms with Gasteiger partial charge >= 0.3 is 6.09 Å². The Balaban J connectivity index is -0.000000143. The number of nitrogens with two attached hydrogens (primary N) is 2. The van der Waals surface area contributed by atoms with Crippen LogP contribution < -0.4 is 61.7 Å². The van der Waals surface area contributed by atoms with Crippen molar-refractivity contribution in [1.29, 1.82) is 5.26 Å². The molecule has 0 aliphatic rings. The van der Waals surface area contributed by atoms with Gasteiger partial charge in [0.1, 0.15) is 59.9 Å². The van der Waals surface area contributed by atoms with E-state index < -0.39 is 78.9 Å². The van der Waals surface area contributed by atoms with Crippen LogP contribution in [0, 0.1) is 51.8 Å². The third kappa shape index (κ3) is 66.5. The molecule has 67 heteroatoms. The van der Waals surface area contributed by atoms with Crippen molar-refractivity contribution in [2.45, 2.75) is 51.6 Å². The molecule has 0 unspecified atom stereocenters. The van der Waals surface area contributed by atoms with Gasteiger partial charge in [0.25, 0.3) is 9.05 Å². The molecule has 0 saturated heterocycles. The molecule has 0 aromatic carbocycles. The molecule has 9 aromatic rings. The molecule has 9 rings (SSSR count). The normalized spacial score (nSPS) is 9.80. The first kappa shape index (κ1) is 136. The van der Waals surface area contributed by atoms with Crippen LogP contribution in [0.2, 0.25) is 10.6 Å². The summed E-state index contributed by atoms with van der Waals surface area (Å²) in [5.41, 5.74) is 10.8. The molecule has 0 bridgehead atoms. The van der Waals surface area contributed by atoms with Crippen LogP contribution in [0.15, 0.2) is 146 Å². The van der Waals surface area contributed by atoms with E-state index in [2.05, 4.69) is 118 Å². The number of amides is 1. The number of alkyl carbamates (subject to hydrolysis) is 1. The smallest absolute Gasteiger partial charge is 0.407 e. The van der Waals surface area contributed by atoms with Crippen molar-refractivity contribution in [3.05, 3.63) is 177 Å². The summed E-state index contributed by atoms with van der Waals surface area (Å²) in [6.07, 6.45) is 4.20. The second-order valence-electron chi connectivity index (χ2n) is 19.7. The van der Waals surface area contributed by atoms with Gasteiger partial charge in [0.05, 0.1) is 20.8 Å². The number of anilines is 6. The quantitative estimate of drug-likeness (QED) is 0.0149. The summed E-state index contributed by atoms with van der Waals surface area (Å²) >= 11 is 24.4. The molecular weight excluding hydrogens is 2050 g/mol. The van der Waals surface area contributed by atoms with Gasteiger partial charge in [0.2, 0.25) is 66.6 Å². The van der Waals surface area contributed by atoms with Gasteiger partial charge in [0.15, 0.2) is 28.2 Å². The molecule has 0 aliphatic carbocycles. The molecule has 0 atom stereocenters. The largest absolute Gasteiger partial charge is 0.444 e. The Bertz CT molecular complexity index is 4940. The van der Waals surface area contributed by atoms with Crippen LogP contribution in [0.25, 0.3) is 0 Å². The maximum atomic E-state index is 11.6. The predicted molar refractivity (Wildman–Crippen MR) is 499 cm³/mol. The van der Waals surface area contributed by atoms with Gasteiger partial charge < -0.3 is 42.8 Å². The Hall–Kier alpha value is -7.59. The lowest BCUT2D eigenvalue weighted by Gasteiger charge is -2.18. The summed E-state index contributed by atoms with van der Waals surface area (Å²) in [6, 6.07) is 17.8. The minimum atomic E-state index is -3.47. The molecule has 1 amide bonds. The summed E-state index contributed by atoms with van der Waals surface area (Å²) in [7, 11) is 3.89. The van der Waals surface area contributed by atoms with E-state index >= 15 is 0 Å². The molecule has 9 heterocycles. The number of nitrogen functional groups attached to an aromatic ring is 1. The van der Waals surface area contributed by atoms with Gasteiger partial charge in [-0.05, 0) is 176 Å². The van der Waals surface area contributed by atoms with Gasteiger partial charge in [-0.1, -0.05) is 24.3 Å². The SMILES string of the molecule is CN.CNC(=O)OC(C)(C)C.CNS(=O)(=O)c1cc(N)cs1.CNS(=O)(=O)c1cccs1.CNS(=O)(=O)c1cccs1.CNS(=O)(=O)c1cccs1.CNc1nc(Cl)ncc1Br.CNc1nc(Cl)ncc1Br.CNc1nc(Nc2csc(S(=O)(=O)NC)c2)ncc1C#N.C[N+](=O)[O-].C[N+](=O)[O-].C[N+](=O)[O-].C[N+](=O)[O-].O=S(=O)(Cl)c1cccs1.[B].[B].[B].[B].[B]. The molecule has 9 aromatic heterocycles. The van der Waals surface area contributed by atoms with E-state index in [4.69, 9.17) is 90.1 Å². The molecule has 45 nitrogen and oxygen atoms in total. The zero-order valence-corrected chi connectivity index (χ0v) is 82.9. The van der Waals surface area contributed by atoms with Crippen molar-refractivity contribution in [2.24, 2.45) is 5.73 Å². The Morgan fingerprint density at radius 1 is 0.488 bits per heavy atom. The van der Waals surface area contributed by atoms with E-state index in [1.165, 1.54) is 108 Å². The first-order chi connectivity index (χ1) is 54.5. The van der Waals surface area contributed by atoms with Gasteiger partial charge in [-0.15, -0.1) is 68.0 Å². The lowest BCUT2D eigenvalue weighted by Crippen LogP contribution is -2.30. The number of ether oxygens (including phenoxy) is 1. The predicted octanol–water partition coefficient (Wildman–Crippen LogP) is 7.24. The number of carbonyl (C=O) groups is 1. The number of rotatable bonds is 16. The highest BCUT2D eigenvalue weighted by molar-refractivity contribution is 9.11. The zero-order valence-electron chi connectivity index (χ0n) is 67.7. The summed E-state index contributed by atoms with van der Waals surface area (Å²) in [6.45, 7) is 5.46. The van der Waals surface area contributed by atoms with Gasteiger partial charge in [-0.25, -0.2) is 93.9 Å². The van der Waals surface area contributed by atoms with Crippen molar-refractivity contribution >= 4 is 276 Å². The van der Waals surface area contributed by atoms with Crippen molar-refractivity contribution in [1.82, 2.24) is 58.8 Å². The van der Waals surface area contributed by atoms with E-state index in [1.54, 1.807) is 108 Å². The number of carbonyl (C=O) groups excluding carboxylic acids is 1. The third-order valence-electron chi connectivity index (χ3n) is 9.97. The second kappa shape index (κ2) is 71.6. The highest BCUT2D eigenvalue weighted by Crippen LogP contribution is 2.27. The number of nitrogens with zero attached hydrogens (tertiary/aromatic N) is 11. The summed E-state index contributed by atoms with van der Waals surface area (Å²) in [5.74, 6) is 2.05. The van der Waals surface area contributed by atoms with Crippen LogP contribution in [0.3, 0.4) is 0 Å². The topological polar surface area (TPSA) is 677 Å². The number of nitro groups is 4. The van der Waals surface area contributed by atoms with E-state index in [0.29, 0.717) is 47.0 Å². The Morgan fingerprint density at radius 2 is 0.780 bits per heavy atom. The fraction of sp³-hybridized carbons (Fsp3) is 0.321. The monoisotopic (exact) mass is 2130 g/mol. The van der Waals surface area contributed by atoms with Crippen molar-refractivity contribution in [2.75, 3.05) is 126 Å². The maximum Gasteiger partial charge on any atom is 0.407 e. The third-order valence-corrected chi connectivity index (χ3v) is 28.7. The number of aromatic nitrogens is 6.